The average Bonchev–Trinajstić information content (AvgIpc) is 3.08. The van der Waals surface area contributed by atoms with Gasteiger partial charge in [-0.15, -0.1) is 0 Å². The molecule has 0 bridgehead atoms. The number of halogens is 1. The number of ether oxygens (including phenoxy) is 1. The first-order chi connectivity index (χ1) is 15.0. The minimum Gasteiger partial charge on any atom is -0.507 e. The number of rotatable bonds is 10. The number of fused-ring (bicyclic) bond motifs is 1. The Bertz CT molecular complexity index is 1030. The van der Waals surface area contributed by atoms with Gasteiger partial charge >= 0.3 is 5.97 Å². The highest BCUT2D eigenvalue weighted by Gasteiger charge is 2.25. The van der Waals surface area contributed by atoms with Crippen molar-refractivity contribution in [3.05, 3.63) is 58.2 Å². The summed E-state index contributed by atoms with van der Waals surface area (Å²) in [6.07, 6.45) is 0. The van der Waals surface area contributed by atoms with Crippen molar-refractivity contribution in [1.29, 1.82) is 0 Å². The number of likely N-dealkylation sites (N-methyl/N-ethyl adjacent to an activating group) is 1. The molecule has 1 heterocycles. The molecular formula is C24H30BrN3O3. The standard InChI is InChI=1S/C24H30BrN3O3/c1-4-27(5-2)13-12-26-16-21-23(24(30)31-6-3)18-14-22(29)19(25)15-20(18)28(21)17-10-8-7-9-11-17/h7-11,14-15,26,29H,4-6,12-13,16H2,1-3H3. The molecular weight excluding hydrogens is 458 g/mol. The highest BCUT2D eigenvalue weighted by atomic mass is 79.9. The Kier molecular flexibility index (Phi) is 8.12. The van der Waals surface area contributed by atoms with Gasteiger partial charge in [-0.1, -0.05) is 32.0 Å². The number of aromatic hydroxyl groups is 1. The second-order valence-corrected chi connectivity index (χ2v) is 8.09. The molecule has 31 heavy (non-hydrogen) atoms. The van der Waals surface area contributed by atoms with Crippen LogP contribution in [0.25, 0.3) is 16.6 Å². The third-order valence-corrected chi connectivity index (χ3v) is 6.05. The van der Waals surface area contributed by atoms with Gasteiger partial charge in [-0.3, -0.25) is 0 Å². The monoisotopic (exact) mass is 487 g/mol. The highest BCUT2D eigenvalue weighted by Crippen LogP contribution is 2.36. The number of phenolic OH excluding ortho intramolecular Hbond substituents is 1. The fourth-order valence-corrected chi connectivity index (χ4v) is 4.13. The number of nitrogens with one attached hydrogen (secondary N) is 1. The Morgan fingerprint density at radius 3 is 2.52 bits per heavy atom. The SMILES string of the molecule is CCOC(=O)c1c(CNCCN(CC)CC)n(-c2ccccc2)c2cc(Br)c(O)cc12. The van der Waals surface area contributed by atoms with Gasteiger partial charge in [0.25, 0.3) is 0 Å². The maximum Gasteiger partial charge on any atom is 0.340 e. The molecule has 0 aliphatic rings. The predicted molar refractivity (Wildman–Crippen MR) is 128 cm³/mol. The first-order valence-electron chi connectivity index (χ1n) is 10.7. The molecule has 6 nitrogen and oxygen atoms in total. The van der Waals surface area contributed by atoms with Crippen LogP contribution < -0.4 is 5.32 Å². The third-order valence-electron chi connectivity index (χ3n) is 5.42. The van der Waals surface area contributed by atoms with Crippen LogP contribution in [0.5, 0.6) is 5.75 Å². The first kappa shape index (κ1) is 23.3. The minimum atomic E-state index is -0.385. The zero-order valence-electron chi connectivity index (χ0n) is 18.3. The van der Waals surface area contributed by atoms with Gasteiger partial charge in [0.2, 0.25) is 0 Å². The zero-order valence-corrected chi connectivity index (χ0v) is 19.9. The Morgan fingerprint density at radius 2 is 1.87 bits per heavy atom. The van der Waals surface area contributed by atoms with Gasteiger partial charge < -0.3 is 24.6 Å². The minimum absolute atomic E-state index is 0.0873. The van der Waals surface area contributed by atoms with Crippen LogP contribution in [0.15, 0.2) is 46.9 Å². The Labute approximate surface area is 191 Å². The maximum absolute atomic E-state index is 13.0. The van der Waals surface area contributed by atoms with Crippen molar-refractivity contribution in [2.45, 2.75) is 27.3 Å². The van der Waals surface area contributed by atoms with E-state index >= 15 is 0 Å². The molecule has 0 amide bonds. The summed E-state index contributed by atoms with van der Waals surface area (Å²) >= 11 is 3.42. The van der Waals surface area contributed by atoms with Crippen LogP contribution in [0, 0.1) is 0 Å². The van der Waals surface area contributed by atoms with Gasteiger partial charge in [0.1, 0.15) is 5.75 Å². The van der Waals surface area contributed by atoms with Gasteiger partial charge in [-0.25, -0.2) is 4.79 Å². The fraction of sp³-hybridized carbons (Fsp3) is 0.375. The van der Waals surface area contributed by atoms with Crippen LogP contribution >= 0.6 is 15.9 Å². The van der Waals surface area contributed by atoms with Crippen molar-refractivity contribution in [2.24, 2.45) is 0 Å². The van der Waals surface area contributed by atoms with Gasteiger partial charge in [0.15, 0.2) is 0 Å². The summed E-state index contributed by atoms with van der Waals surface area (Å²) < 4.78 is 8.03. The van der Waals surface area contributed by atoms with Crippen molar-refractivity contribution in [2.75, 3.05) is 32.8 Å². The number of carbonyl (C=O) groups is 1. The second-order valence-electron chi connectivity index (χ2n) is 7.24. The van der Waals surface area contributed by atoms with Gasteiger partial charge in [0, 0.05) is 30.7 Å². The normalized spacial score (nSPS) is 11.4. The molecule has 0 spiro atoms. The topological polar surface area (TPSA) is 66.7 Å². The lowest BCUT2D eigenvalue weighted by molar-refractivity contribution is 0.0527. The largest absolute Gasteiger partial charge is 0.507 e. The van der Waals surface area contributed by atoms with Crippen molar-refractivity contribution in [3.63, 3.8) is 0 Å². The molecule has 1 aromatic heterocycles. The lowest BCUT2D eigenvalue weighted by Gasteiger charge is -2.18. The highest BCUT2D eigenvalue weighted by molar-refractivity contribution is 9.10. The second kappa shape index (κ2) is 10.8. The van der Waals surface area contributed by atoms with Crippen molar-refractivity contribution in [3.8, 4) is 11.4 Å². The molecule has 3 rings (SSSR count). The summed E-state index contributed by atoms with van der Waals surface area (Å²) in [5.41, 5.74) is 3.08. The van der Waals surface area contributed by atoms with Crippen molar-refractivity contribution < 1.29 is 14.6 Å². The predicted octanol–water partition coefficient (Wildman–Crippen LogP) is 4.71. The summed E-state index contributed by atoms with van der Waals surface area (Å²) in [5.74, 6) is -0.297. The first-order valence-corrected chi connectivity index (χ1v) is 11.5. The van der Waals surface area contributed by atoms with E-state index in [-0.39, 0.29) is 18.3 Å². The Balaban J connectivity index is 2.11. The van der Waals surface area contributed by atoms with Crippen LogP contribution in [0.2, 0.25) is 0 Å². The molecule has 3 aromatic rings. The number of nitrogens with zero attached hydrogens (tertiary/aromatic N) is 2. The summed E-state index contributed by atoms with van der Waals surface area (Å²) in [7, 11) is 0. The van der Waals surface area contributed by atoms with Gasteiger partial charge in [0.05, 0.1) is 27.9 Å². The number of benzene rings is 2. The molecule has 0 fully saturated rings. The van der Waals surface area contributed by atoms with E-state index < -0.39 is 0 Å². The Hall–Kier alpha value is -2.35. The zero-order chi connectivity index (χ0) is 22.4. The maximum atomic E-state index is 13.0. The molecule has 166 valence electrons. The van der Waals surface area contributed by atoms with Gasteiger partial charge in [-0.2, -0.15) is 0 Å². The lowest BCUT2D eigenvalue weighted by atomic mass is 10.1. The van der Waals surface area contributed by atoms with E-state index in [0.717, 1.165) is 43.1 Å². The number of esters is 1. The molecule has 0 radical (unpaired) electrons. The van der Waals surface area contributed by atoms with Crippen LogP contribution in [0.1, 0.15) is 36.8 Å². The molecule has 0 unspecified atom stereocenters. The quantitative estimate of drug-likeness (QED) is 0.320. The molecule has 0 saturated carbocycles. The molecule has 2 N–H and O–H groups in total. The molecule has 0 saturated heterocycles. The molecule has 2 aromatic carbocycles. The fourth-order valence-electron chi connectivity index (χ4n) is 3.80. The van der Waals surface area contributed by atoms with Gasteiger partial charge in [-0.05, 0) is 60.2 Å². The number of phenols is 1. The molecule has 0 atom stereocenters. The van der Waals surface area contributed by atoms with E-state index in [4.69, 9.17) is 4.74 Å². The van der Waals surface area contributed by atoms with E-state index in [2.05, 4.69) is 44.6 Å². The van der Waals surface area contributed by atoms with E-state index in [0.29, 0.717) is 22.0 Å². The summed E-state index contributed by atoms with van der Waals surface area (Å²) in [6, 6.07) is 13.4. The summed E-state index contributed by atoms with van der Waals surface area (Å²) in [5, 5.41) is 14.5. The van der Waals surface area contributed by atoms with Crippen LogP contribution in [0.4, 0.5) is 0 Å². The number of para-hydroxylation sites is 1. The Morgan fingerprint density at radius 1 is 1.16 bits per heavy atom. The van der Waals surface area contributed by atoms with Crippen LogP contribution in [-0.4, -0.2) is 53.3 Å². The number of carbonyl (C=O) groups excluding carboxylic acids is 1. The van der Waals surface area contributed by atoms with E-state index in [9.17, 15) is 9.90 Å². The molecule has 7 heteroatoms. The van der Waals surface area contributed by atoms with Crippen LogP contribution in [0.3, 0.4) is 0 Å². The van der Waals surface area contributed by atoms with E-state index in [1.54, 1.807) is 13.0 Å². The number of aromatic nitrogens is 1. The molecule has 0 aliphatic heterocycles. The number of hydrogen-bond donors (Lipinski definition) is 2. The summed E-state index contributed by atoms with van der Waals surface area (Å²) in [6.45, 7) is 10.6. The number of hydrogen-bond acceptors (Lipinski definition) is 5. The van der Waals surface area contributed by atoms with Crippen molar-refractivity contribution in [1.82, 2.24) is 14.8 Å². The molecule has 0 aliphatic carbocycles. The smallest absolute Gasteiger partial charge is 0.340 e. The third kappa shape index (κ3) is 5.11. The van der Waals surface area contributed by atoms with Crippen molar-refractivity contribution >= 4 is 32.8 Å². The average molecular weight is 488 g/mol. The van der Waals surface area contributed by atoms with E-state index in [1.165, 1.54) is 0 Å². The van der Waals surface area contributed by atoms with Crippen LogP contribution in [-0.2, 0) is 11.3 Å². The van der Waals surface area contributed by atoms with E-state index in [1.807, 2.05) is 36.4 Å². The summed E-state index contributed by atoms with van der Waals surface area (Å²) in [4.78, 5) is 15.3. The lowest BCUT2D eigenvalue weighted by Crippen LogP contribution is -2.32.